The second-order valence-electron chi connectivity index (χ2n) is 5.49. The van der Waals surface area contributed by atoms with Gasteiger partial charge in [0.15, 0.2) is 0 Å². The Morgan fingerprint density at radius 1 is 1.27 bits per heavy atom. The number of halogens is 3. The average molecular weight is 308 g/mol. The maximum atomic E-state index is 13.1. The zero-order valence-corrected chi connectivity index (χ0v) is 11.6. The van der Waals surface area contributed by atoms with Crippen LogP contribution in [0.3, 0.4) is 0 Å². The summed E-state index contributed by atoms with van der Waals surface area (Å²) in [5.41, 5.74) is 6.74. The Kier molecular flexibility index (Phi) is 3.47. The number of nitrogens with one attached hydrogen (secondary N) is 1. The largest absolute Gasteiger partial charge is 0.496 e. The molecule has 3 N–H and O–H groups in total. The minimum atomic E-state index is -4.47. The lowest BCUT2D eigenvalue weighted by molar-refractivity contribution is -0.170. The van der Waals surface area contributed by atoms with Crippen LogP contribution in [-0.2, 0) is 4.74 Å². The van der Waals surface area contributed by atoms with Crippen molar-refractivity contribution < 1.29 is 17.9 Å². The SMILES string of the molecule is N=C1C2C(=CC=CC2c2cccc(N)c2)OCC1C(F)(F)F. The first-order valence-electron chi connectivity index (χ1n) is 6.89. The van der Waals surface area contributed by atoms with E-state index in [9.17, 15) is 13.2 Å². The number of allylic oxidation sites excluding steroid dienone is 4. The molecule has 0 saturated carbocycles. The Balaban J connectivity index is 1.98. The third kappa shape index (κ3) is 2.49. The van der Waals surface area contributed by atoms with E-state index in [1.165, 1.54) is 0 Å². The Morgan fingerprint density at radius 3 is 2.73 bits per heavy atom. The first-order chi connectivity index (χ1) is 10.4. The molecule has 2 aliphatic rings. The number of anilines is 1. The second kappa shape index (κ2) is 5.19. The van der Waals surface area contributed by atoms with Crippen molar-refractivity contribution in [2.75, 3.05) is 12.3 Å². The van der Waals surface area contributed by atoms with E-state index in [4.69, 9.17) is 15.9 Å². The molecule has 0 spiro atoms. The second-order valence-corrected chi connectivity index (χ2v) is 5.49. The number of fused-ring (bicyclic) bond motifs is 1. The summed E-state index contributed by atoms with van der Waals surface area (Å²) in [7, 11) is 0. The molecule has 1 aliphatic heterocycles. The molecule has 1 heterocycles. The normalized spacial score (nSPS) is 27.9. The molecule has 3 atom stereocenters. The Bertz CT molecular complexity index is 664. The van der Waals surface area contributed by atoms with Crippen LogP contribution >= 0.6 is 0 Å². The molecule has 1 aromatic rings. The van der Waals surface area contributed by atoms with E-state index in [2.05, 4.69) is 0 Å². The van der Waals surface area contributed by atoms with Crippen LogP contribution < -0.4 is 5.73 Å². The number of nitrogen functional groups attached to an aromatic ring is 1. The van der Waals surface area contributed by atoms with E-state index in [0.717, 1.165) is 5.56 Å². The first kappa shape index (κ1) is 14.7. The molecule has 1 aromatic carbocycles. The number of alkyl halides is 3. The van der Waals surface area contributed by atoms with Gasteiger partial charge < -0.3 is 15.9 Å². The molecule has 1 aliphatic carbocycles. The van der Waals surface area contributed by atoms with Crippen molar-refractivity contribution in [3.8, 4) is 0 Å². The van der Waals surface area contributed by atoms with Crippen molar-refractivity contribution in [1.82, 2.24) is 0 Å². The summed E-state index contributed by atoms with van der Waals surface area (Å²) in [5.74, 6) is -2.54. The zero-order valence-electron chi connectivity index (χ0n) is 11.6. The van der Waals surface area contributed by atoms with Crippen LogP contribution in [0.4, 0.5) is 18.9 Å². The van der Waals surface area contributed by atoms with Gasteiger partial charge in [0.25, 0.3) is 0 Å². The number of hydrogen-bond donors (Lipinski definition) is 2. The van der Waals surface area contributed by atoms with Gasteiger partial charge in [0.2, 0.25) is 0 Å². The fraction of sp³-hybridized carbons (Fsp3) is 0.312. The molecule has 3 unspecified atom stereocenters. The number of hydrogen-bond acceptors (Lipinski definition) is 3. The minimum Gasteiger partial charge on any atom is -0.496 e. The highest BCUT2D eigenvalue weighted by atomic mass is 19.4. The molecular formula is C16H15F3N2O. The van der Waals surface area contributed by atoms with E-state index in [-0.39, 0.29) is 11.6 Å². The molecular weight excluding hydrogens is 293 g/mol. The molecule has 6 heteroatoms. The molecule has 0 radical (unpaired) electrons. The van der Waals surface area contributed by atoms with Crippen molar-refractivity contribution in [2.45, 2.75) is 12.1 Å². The van der Waals surface area contributed by atoms with Crippen molar-refractivity contribution in [3.63, 3.8) is 0 Å². The quantitative estimate of drug-likeness (QED) is 0.778. The first-order valence-corrected chi connectivity index (χ1v) is 6.89. The summed E-state index contributed by atoms with van der Waals surface area (Å²) in [5, 5.41) is 8.05. The van der Waals surface area contributed by atoms with Gasteiger partial charge in [-0.1, -0.05) is 24.3 Å². The van der Waals surface area contributed by atoms with Crippen molar-refractivity contribution in [1.29, 1.82) is 5.41 Å². The van der Waals surface area contributed by atoms with Gasteiger partial charge in [0.1, 0.15) is 18.3 Å². The van der Waals surface area contributed by atoms with Crippen LogP contribution in [0.2, 0.25) is 0 Å². The highest BCUT2D eigenvalue weighted by Gasteiger charge is 2.50. The summed E-state index contributed by atoms with van der Waals surface area (Å²) in [6, 6.07) is 7.00. The van der Waals surface area contributed by atoms with Crippen LogP contribution in [-0.4, -0.2) is 18.5 Å². The minimum absolute atomic E-state index is 0.346. The standard InChI is InChI=1S/C16H15F3N2O/c17-16(18,19)12-8-22-13-6-2-5-11(14(13)15(12)21)9-3-1-4-10(20)7-9/h1-7,11-12,14,21H,8,20H2. The highest BCUT2D eigenvalue weighted by molar-refractivity contribution is 5.91. The molecule has 1 saturated heterocycles. The smallest absolute Gasteiger partial charge is 0.400 e. The molecule has 116 valence electrons. The predicted molar refractivity (Wildman–Crippen MR) is 77.5 cm³/mol. The van der Waals surface area contributed by atoms with E-state index in [1.807, 2.05) is 0 Å². The number of ether oxygens (including phenoxy) is 1. The fourth-order valence-corrected chi connectivity index (χ4v) is 2.97. The van der Waals surface area contributed by atoms with E-state index in [0.29, 0.717) is 11.4 Å². The molecule has 1 fully saturated rings. The van der Waals surface area contributed by atoms with Gasteiger partial charge in [-0.05, 0) is 23.8 Å². The van der Waals surface area contributed by atoms with Gasteiger partial charge in [0, 0.05) is 17.3 Å². The van der Waals surface area contributed by atoms with Crippen LogP contribution in [0.15, 0.2) is 48.3 Å². The molecule has 0 amide bonds. The van der Waals surface area contributed by atoms with Crippen molar-refractivity contribution in [3.05, 3.63) is 53.8 Å². The third-order valence-electron chi connectivity index (χ3n) is 4.06. The molecule has 3 nitrogen and oxygen atoms in total. The molecule has 0 aromatic heterocycles. The van der Waals surface area contributed by atoms with Crippen LogP contribution in [0.5, 0.6) is 0 Å². The van der Waals surface area contributed by atoms with Gasteiger partial charge in [-0.2, -0.15) is 13.2 Å². The summed E-state index contributed by atoms with van der Waals surface area (Å²) in [6.07, 6.45) is 0.707. The van der Waals surface area contributed by atoms with Gasteiger partial charge in [-0.3, -0.25) is 0 Å². The maximum absolute atomic E-state index is 13.1. The lowest BCUT2D eigenvalue weighted by atomic mass is 9.74. The topological polar surface area (TPSA) is 59.1 Å². The molecule has 3 rings (SSSR count). The molecule has 0 bridgehead atoms. The summed E-state index contributed by atoms with van der Waals surface area (Å²) in [4.78, 5) is 0. The third-order valence-corrected chi connectivity index (χ3v) is 4.06. The predicted octanol–water partition coefficient (Wildman–Crippen LogP) is 3.65. The van der Waals surface area contributed by atoms with Gasteiger partial charge in [0.05, 0.1) is 5.92 Å². The van der Waals surface area contributed by atoms with E-state index >= 15 is 0 Å². The van der Waals surface area contributed by atoms with Crippen molar-refractivity contribution >= 4 is 11.4 Å². The summed E-state index contributed by atoms with van der Waals surface area (Å²) >= 11 is 0. The van der Waals surface area contributed by atoms with E-state index < -0.39 is 24.6 Å². The summed E-state index contributed by atoms with van der Waals surface area (Å²) < 4.78 is 44.5. The van der Waals surface area contributed by atoms with Crippen LogP contribution in [0, 0.1) is 17.2 Å². The Labute approximate surface area is 125 Å². The van der Waals surface area contributed by atoms with Crippen LogP contribution in [0.25, 0.3) is 0 Å². The lowest BCUT2D eigenvalue weighted by Gasteiger charge is -2.38. The Hall–Kier alpha value is -2.24. The lowest BCUT2D eigenvalue weighted by Crippen LogP contribution is -2.45. The highest BCUT2D eigenvalue weighted by Crippen LogP contribution is 2.44. The number of rotatable bonds is 1. The zero-order chi connectivity index (χ0) is 15.9. The molecule has 22 heavy (non-hydrogen) atoms. The van der Waals surface area contributed by atoms with Gasteiger partial charge in [-0.25, -0.2) is 0 Å². The summed E-state index contributed by atoms with van der Waals surface area (Å²) in [6.45, 7) is -0.526. The number of benzene rings is 1. The average Bonchev–Trinajstić information content (AvgIpc) is 2.45. The van der Waals surface area contributed by atoms with Gasteiger partial charge in [-0.15, -0.1) is 0 Å². The van der Waals surface area contributed by atoms with E-state index in [1.54, 1.807) is 42.5 Å². The number of nitrogens with two attached hydrogens (primary N) is 1. The monoisotopic (exact) mass is 308 g/mol. The maximum Gasteiger partial charge on any atom is 0.400 e. The fourth-order valence-electron chi connectivity index (χ4n) is 2.97. The van der Waals surface area contributed by atoms with Gasteiger partial charge >= 0.3 is 6.18 Å². The Morgan fingerprint density at radius 2 is 2.05 bits per heavy atom. The van der Waals surface area contributed by atoms with Crippen LogP contribution in [0.1, 0.15) is 11.5 Å². The van der Waals surface area contributed by atoms with Crippen molar-refractivity contribution in [2.24, 2.45) is 11.8 Å².